The van der Waals surface area contributed by atoms with Crippen LogP contribution in [0.3, 0.4) is 0 Å². The Labute approximate surface area is 139 Å². The number of anilines is 2. The van der Waals surface area contributed by atoms with Crippen LogP contribution in [-0.4, -0.2) is 33.1 Å². The van der Waals surface area contributed by atoms with E-state index in [2.05, 4.69) is 43.3 Å². The second-order valence-electron chi connectivity index (χ2n) is 5.24. The van der Waals surface area contributed by atoms with Gasteiger partial charge in [-0.05, 0) is 18.6 Å². The van der Waals surface area contributed by atoms with E-state index in [1.807, 2.05) is 18.2 Å². The van der Waals surface area contributed by atoms with Crippen LogP contribution in [0.2, 0.25) is 5.15 Å². The number of rotatable bonds is 6. The lowest BCUT2D eigenvalue weighted by Crippen LogP contribution is -2.09. The van der Waals surface area contributed by atoms with Crippen LogP contribution in [0.4, 0.5) is 11.5 Å². The van der Waals surface area contributed by atoms with Gasteiger partial charge in [-0.15, -0.1) is 0 Å². The van der Waals surface area contributed by atoms with Crippen LogP contribution in [-0.2, 0) is 13.5 Å². The van der Waals surface area contributed by atoms with E-state index in [1.54, 1.807) is 7.05 Å². The van der Waals surface area contributed by atoms with Crippen molar-refractivity contribution in [2.75, 3.05) is 24.2 Å². The molecule has 0 aliphatic carbocycles. The molecular formula is C16H19ClN6. The largest absolute Gasteiger partial charge is 0.383 e. The van der Waals surface area contributed by atoms with Gasteiger partial charge in [0.25, 0.3) is 0 Å². The molecule has 120 valence electrons. The number of halogens is 1. The number of nitrogens with zero attached hydrogens (tertiary/aromatic N) is 4. The third-order valence-electron chi connectivity index (χ3n) is 3.80. The van der Waals surface area contributed by atoms with E-state index in [1.165, 1.54) is 6.33 Å². The summed E-state index contributed by atoms with van der Waals surface area (Å²) in [6.45, 7) is 0.783. The van der Waals surface area contributed by atoms with Crippen LogP contribution in [0.5, 0.6) is 0 Å². The number of benzene rings is 1. The number of fused-ring (bicyclic) bond motifs is 1. The van der Waals surface area contributed by atoms with E-state index >= 15 is 0 Å². The Kier molecular flexibility index (Phi) is 4.62. The first-order chi connectivity index (χ1) is 11.2. The second kappa shape index (κ2) is 6.83. The van der Waals surface area contributed by atoms with E-state index in [4.69, 9.17) is 11.6 Å². The summed E-state index contributed by atoms with van der Waals surface area (Å²) in [6.07, 6.45) is 3.30. The predicted octanol–water partition coefficient (Wildman–Crippen LogP) is 3.10. The number of aryl methyl sites for hydroxylation is 2. The highest BCUT2D eigenvalue weighted by molar-refractivity contribution is 6.32. The maximum absolute atomic E-state index is 6.04. The van der Waals surface area contributed by atoms with Crippen molar-refractivity contribution < 1.29 is 0 Å². The minimum Gasteiger partial charge on any atom is -0.383 e. The molecule has 0 saturated heterocycles. The molecular weight excluding hydrogens is 312 g/mol. The molecule has 3 aromatic rings. The Morgan fingerprint density at radius 1 is 1.22 bits per heavy atom. The molecule has 7 heteroatoms. The minimum absolute atomic E-state index is 0.417. The molecule has 2 N–H and O–H groups in total. The molecule has 3 rings (SSSR count). The second-order valence-corrected chi connectivity index (χ2v) is 5.60. The Hall–Kier alpha value is -2.34. The fraction of sp³-hybridized carbons (Fsp3) is 0.312. The van der Waals surface area contributed by atoms with Crippen LogP contribution in [0, 0.1) is 0 Å². The Morgan fingerprint density at radius 3 is 2.83 bits per heavy atom. The molecule has 0 saturated carbocycles. The molecule has 0 bridgehead atoms. The summed E-state index contributed by atoms with van der Waals surface area (Å²) in [4.78, 5) is 12.9. The van der Waals surface area contributed by atoms with Crippen molar-refractivity contribution in [3.63, 3.8) is 0 Å². The van der Waals surface area contributed by atoms with Crippen molar-refractivity contribution in [3.8, 4) is 0 Å². The molecule has 0 aliphatic heterocycles. The number of aromatic nitrogens is 4. The van der Waals surface area contributed by atoms with Gasteiger partial charge in [0.2, 0.25) is 0 Å². The zero-order valence-electron chi connectivity index (χ0n) is 13.2. The highest BCUT2D eigenvalue weighted by Gasteiger charge is 2.09. The summed E-state index contributed by atoms with van der Waals surface area (Å²) in [5.41, 5.74) is 2.92. The van der Waals surface area contributed by atoms with Gasteiger partial charge < -0.3 is 15.2 Å². The van der Waals surface area contributed by atoms with E-state index in [0.717, 1.165) is 47.7 Å². The molecule has 0 atom stereocenters. The van der Waals surface area contributed by atoms with Crippen LogP contribution in [0.15, 0.2) is 30.6 Å². The molecule has 1 aromatic carbocycles. The molecule has 0 unspecified atom stereocenters. The SMILES string of the molecule is CNc1c(Cl)ncnc1NCCCc1nc2ccccc2n1C. The van der Waals surface area contributed by atoms with Crippen molar-refractivity contribution in [2.45, 2.75) is 12.8 Å². The molecule has 23 heavy (non-hydrogen) atoms. The van der Waals surface area contributed by atoms with Crippen molar-refractivity contribution in [1.82, 2.24) is 19.5 Å². The minimum atomic E-state index is 0.417. The van der Waals surface area contributed by atoms with Gasteiger partial charge in [0.1, 0.15) is 17.8 Å². The van der Waals surface area contributed by atoms with Crippen LogP contribution >= 0.6 is 11.6 Å². The first-order valence-electron chi connectivity index (χ1n) is 7.53. The Balaban J connectivity index is 1.61. The van der Waals surface area contributed by atoms with E-state index < -0.39 is 0 Å². The summed E-state index contributed by atoms with van der Waals surface area (Å²) in [5.74, 6) is 1.81. The van der Waals surface area contributed by atoms with Crippen LogP contribution in [0.25, 0.3) is 11.0 Å². The molecule has 0 fully saturated rings. The normalized spacial score (nSPS) is 10.9. The molecule has 0 spiro atoms. The van der Waals surface area contributed by atoms with Crippen molar-refractivity contribution >= 4 is 34.1 Å². The smallest absolute Gasteiger partial charge is 0.157 e. The summed E-state index contributed by atoms with van der Waals surface area (Å²) < 4.78 is 2.15. The fourth-order valence-corrected chi connectivity index (χ4v) is 2.82. The van der Waals surface area contributed by atoms with Gasteiger partial charge >= 0.3 is 0 Å². The van der Waals surface area contributed by atoms with E-state index in [9.17, 15) is 0 Å². The van der Waals surface area contributed by atoms with Crippen molar-refractivity contribution in [1.29, 1.82) is 0 Å². The maximum atomic E-state index is 6.04. The zero-order valence-corrected chi connectivity index (χ0v) is 13.9. The van der Waals surface area contributed by atoms with Gasteiger partial charge in [0.05, 0.1) is 11.0 Å². The van der Waals surface area contributed by atoms with Gasteiger partial charge in [-0.2, -0.15) is 0 Å². The molecule has 0 amide bonds. The lowest BCUT2D eigenvalue weighted by atomic mass is 10.3. The highest BCUT2D eigenvalue weighted by Crippen LogP contribution is 2.25. The summed E-state index contributed by atoms with van der Waals surface area (Å²) in [7, 11) is 3.86. The average Bonchev–Trinajstić information content (AvgIpc) is 2.88. The Morgan fingerprint density at radius 2 is 2.04 bits per heavy atom. The first-order valence-corrected chi connectivity index (χ1v) is 7.91. The van der Waals surface area contributed by atoms with Crippen LogP contribution in [0.1, 0.15) is 12.2 Å². The molecule has 6 nitrogen and oxygen atoms in total. The fourth-order valence-electron chi connectivity index (χ4n) is 2.59. The highest BCUT2D eigenvalue weighted by atomic mass is 35.5. The van der Waals surface area contributed by atoms with Gasteiger partial charge in [0.15, 0.2) is 11.0 Å². The number of imidazole rings is 1. The van der Waals surface area contributed by atoms with E-state index in [0.29, 0.717) is 5.15 Å². The molecule has 0 radical (unpaired) electrons. The van der Waals surface area contributed by atoms with Gasteiger partial charge in [0, 0.05) is 27.1 Å². The van der Waals surface area contributed by atoms with Crippen LogP contribution < -0.4 is 10.6 Å². The van der Waals surface area contributed by atoms with Crippen molar-refractivity contribution in [2.24, 2.45) is 7.05 Å². The topological polar surface area (TPSA) is 67.7 Å². The van der Waals surface area contributed by atoms with Gasteiger partial charge in [-0.1, -0.05) is 23.7 Å². The lowest BCUT2D eigenvalue weighted by Gasteiger charge is -2.11. The summed E-state index contributed by atoms with van der Waals surface area (Å²) in [6, 6.07) is 8.18. The summed E-state index contributed by atoms with van der Waals surface area (Å²) >= 11 is 6.04. The van der Waals surface area contributed by atoms with E-state index in [-0.39, 0.29) is 0 Å². The average molecular weight is 331 g/mol. The first kappa shape index (κ1) is 15.6. The summed E-state index contributed by atoms with van der Waals surface area (Å²) in [5, 5.41) is 6.72. The Bertz CT molecular complexity index is 813. The van der Waals surface area contributed by atoms with Crippen molar-refractivity contribution in [3.05, 3.63) is 41.6 Å². The van der Waals surface area contributed by atoms with Gasteiger partial charge in [-0.25, -0.2) is 15.0 Å². The van der Waals surface area contributed by atoms with Gasteiger partial charge in [-0.3, -0.25) is 0 Å². The lowest BCUT2D eigenvalue weighted by molar-refractivity contribution is 0.752. The number of nitrogens with one attached hydrogen (secondary N) is 2. The third-order valence-corrected chi connectivity index (χ3v) is 4.09. The maximum Gasteiger partial charge on any atom is 0.157 e. The number of hydrogen-bond donors (Lipinski definition) is 2. The quantitative estimate of drug-likeness (QED) is 0.537. The standard InChI is InChI=1S/C16H19ClN6/c1-18-14-15(17)20-10-21-16(14)19-9-5-8-13-22-11-6-3-4-7-12(11)23(13)2/h3-4,6-7,10,18H,5,8-9H2,1-2H3,(H,19,20,21). The third kappa shape index (κ3) is 3.22. The number of para-hydroxylation sites is 2. The predicted molar refractivity (Wildman–Crippen MR) is 94.1 cm³/mol. The molecule has 2 aromatic heterocycles. The molecule has 0 aliphatic rings. The monoisotopic (exact) mass is 330 g/mol. The zero-order chi connectivity index (χ0) is 16.2. The molecule has 2 heterocycles. The number of hydrogen-bond acceptors (Lipinski definition) is 5.